The number of carbonyl (C=O) groups excluding carboxylic acids is 1. The molecule has 0 saturated heterocycles. The molecule has 134 valence electrons. The molecule has 3 rings (SSSR count). The first kappa shape index (κ1) is 18.1. The predicted molar refractivity (Wildman–Crippen MR) is 97.1 cm³/mol. The standard InChI is InChI=1S/C19H16ClF2N3O/c1-10-4-5-11(2)18(6-10)25-12(3)17(9-23-25)24-19(26)13-7-15(21)16(22)8-14(13)20/h4-9H,1-3H3,(H,24,26). The van der Waals surface area contributed by atoms with Crippen LogP contribution in [0.15, 0.2) is 36.5 Å². The van der Waals surface area contributed by atoms with Crippen LogP contribution in [0.25, 0.3) is 5.69 Å². The molecule has 0 aliphatic rings. The number of hydrogen-bond donors (Lipinski definition) is 1. The normalized spacial score (nSPS) is 10.8. The van der Waals surface area contributed by atoms with Gasteiger partial charge in [-0.2, -0.15) is 5.10 Å². The molecule has 7 heteroatoms. The molecule has 4 nitrogen and oxygen atoms in total. The fourth-order valence-corrected chi connectivity index (χ4v) is 2.85. The second-order valence-corrected chi connectivity index (χ2v) is 6.45. The number of amides is 1. The maximum atomic E-state index is 13.4. The molecular weight excluding hydrogens is 360 g/mol. The summed E-state index contributed by atoms with van der Waals surface area (Å²) in [5, 5.41) is 6.80. The lowest BCUT2D eigenvalue weighted by Crippen LogP contribution is -2.14. The van der Waals surface area contributed by atoms with Gasteiger partial charge in [0.1, 0.15) is 0 Å². The fourth-order valence-electron chi connectivity index (χ4n) is 2.61. The topological polar surface area (TPSA) is 46.9 Å². The van der Waals surface area contributed by atoms with Crippen molar-refractivity contribution in [3.8, 4) is 5.69 Å². The first-order chi connectivity index (χ1) is 12.3. The van der Waals surface area contributed by atoms with E-state index in [9.17, 15) is 13.6 Å². The van der Waals surface area contributed by atoms with Gasteiger partial charge in [0.15, 0.2) is 11.6 Å². The monoisotopic (exact) mass is 375 g/mol. The third kappa shape index (κ3) is 3.32. The Bertz CT molecular complexity index is 1010. The Labute approximate surface area is 154 Å². The van der Waals surface area contributed by atoms with Gasteiger partial charge < -0.3 is 5.32 Å². The Morgan fingerprint density at radius 1 is 1.12 bits per heavy atom. The summed E-state index contributed by atoms with van der Waals surface area (Å²) in [6, 6.07) is 7.54. The van der Waals surface area contributed by atoms with Crippen molar-refractivity contribution >= 4 is 23.2 Å². The Morgan fingerprint density at radius 3 is 2.54 bits per heavy atom. The highest BCUT2D eigenvalue weighted by atomic mass is 35.5. The second-order valence-electron chi connectivity index (χ2n) is 6.05. The number of carbonyl (C=O) groups is 1. The van der Waals surface area contributed by atoms with Crippen molar-refractivity contribution in [2.24, 2.45) is 0 Å². The molecule has 1 amide bonds. The molecule has 0 saturated carbocycles. The van der Waals surface area contributed by atoms with Gasteiger partial charge in [0, 0.05) is 0 Å². The molecule has 0 radical (unpaired) electrons. The van der Waals surface area contributed by atoms with Crippen molar-refractivity contribution in [1.29, 1.82) is 0 Å². The number of nitrogens with one attached hydrogen (secondary N) is 1. The van der Waals surface area contributed by atoms with Crippen molar-refractivity contribution in [3.05, 3.63) is 75.6 Å². The molecular formula is C19H16ClF2N3O. The zero-order chi connectivity index (χ0) is 19.0. The summed E-state index contributed by atoms with van der Waals surface area (Å²) in [7, 11) is 0. The van der Waals surface area contributed by atoms with Crippen LogP contribution < -0.4 is 5.32 Å². The van der Waals surface area contributed by atoms with Crippen molar-refractivity contribution in [1.82, 2.24) is 9.78 Å². The van der Waals surface area contributed by atoms with Crippen LogP contribution in [-0.2, 0) is 0 Å². The maximum Gasteiger partial charge on any atom is 0.257 e. The number of hydrogen-bond acceptors (Lipinski definition) is 2. The molecule has 1 N–H and O–H groups in total. The molecule has 3 aromatic rings. The summed E-state index contributed by atoms with van der Waals surface area (Å²) in [5.74, 6) is -2.88. The van der Waals surface area contributed by atoms with Gasteiger partial charge in [0.2, 0.25) is 0 Å². The fraction of sp³-hybridized carbons (Fsp3) is 0.158. The summed E-state index contributed by atoms with van der Waals surface area (Å²) in [4.78, 5) is 12.4. The minimum atomic E-state index is -1.14. The van der Waals surface area contributed by atoms with Gasteiger partial charge in [-0.3, -0.25) is 4.79 Å². The predicted octanol–water partition coefficient (Wildman–Crippen LogP) is 4.98. The van der Waals surface area contributed by atoms with Gasteiger partial charge in [0.25, 0.3) is 5.91 Å². The molecule has 1 aromatic heterocycles. The van der Waals surface area contributed by atoms with Gasteiger partial charge in [-0.1, -0.05) is 23.7 Å². The molecule has 0 spiro atoms. The van der Waals surface area contributed by atoms with Crippen molar-refractivity contribution in [2.75, 3.05) is 5.32 Å². The van der Waals surface area contributed by atoms with Crippen molar-refractivity contribution in [2.45, 2.75) is 20.8 Å². The van der Waals surface area contributed by atoms with Crippen LogP contribution in [0.5, 0.6) is 0 Å². The van der Waals surface area contributed by atoms with E-state index in [1.165, 1.54) is 6.20 Å². The molecule has 2 aromatic carbocycles. The summed E-state index contributed by atoms with van der Waals surface area (Å²) in [6.07, 6.45) is 1.50. The van der Waals surface area contributed by atoms with E-state index in [1.54, 1.807) is 11.6 Å². The third-order valence-electron chi connectivity index (χ3n) is 4.11. The zero-order valence-corrected chi connectivity index (χ0v) is 15.2. The molecule has 0 atom stereocenters. The molecule has 0 unspecified atom stereocenters. The van der Waals surface area contributed by atoms with Crippen molar-refractivity contribution in [3.63, 3.8) is 0 Å². The van der Waals surface area contributed by atoms with Crippen LogP contribution in [0.1, 0.15) is 27.2 Å². The van der Waals surface area contributed by atoms with Crippen LogP contribution in [0.4, 0.5) is 14.5 Å². The summed E-state index contributed by atoms with van der Waals surface area (Å²) < 4.78 is 28.3. The zero-order valence-electron chi connectivity index (χ0n) is 14.4. The number of aryl methyl sites for hydroxylation is 2. The summed E-state index contributed by atoms with van der Waals surface area (Å²) >= 11 is 5.85. The van der Waals surface area contributed by atoms with E-state index in [4.69, 9.17) is 11.6 Å². The number of halogens is 3. The molecule has 1 heterocycles. The van der Waals surface area contributed by atoms with Gasteiger partial charge in [0.05, 0.1) is 33.9 Å². The van der Waals surface area contributed by atoms with Crippen molar-refractivity contribution < 1.29 is 13.6 Å². The minimum Gasteiger partial charge on any atom is -0.319 e. The van der Waals surface area contributed by atoms with Gasteiger partial charge in [-0.05, 0) is 50.1 Å². The molecule has 0 fully saturated rings. The highest BCUT2D eigenvalue weighted by Gasteiger charge is 2.18. The smallest absolute Gasteiger partial charge is 0.257 e. The first-order valence-electron chi connectivity index (χ1n) is 7.86. The number of rotatable bonds is 3. The SMILES string of the molecule is Cc1ccc(C)c(-n2ncc(NC(=O)c3cc(F)c(F)cc3Cl)c2C)c1. The number of benzene rings is 2. The Morgan fingerprint density at radius 2 is 1.81 bits per heavy atom. The van der Waals surface area contributed by atoms with E-state index >= 15 is 0 Å². The Kier molecular flexibility index (Phi) is 4.78. The number of nitrogens with zero attached hydrogens (tertiary/aromatic N) is 2. The molecule has 0 aliphatic heterocycles. The van der Waals surface area contributed by atoms with Crippen LogP contribution >= 0.6 is 11.6 Å². The first-order valence-corrected chi connectivity index (χ1v) is 8.24. The van der Waals surface area contributed by atoms with Crippen LogP contribution in [0.2, 0.25) is 5.02 Å². The third-order valence-corrected chi connectivity index (χ3v) is 4.42. The highest BCUT2D eigenvalue weighted by molar-refractivity contribution is 6.34. The number of aromatic nitrogens is 2. The van der Waals surface area contributed by atoms with Gasteiger partial charge in [-0.25, -0.2) is 13.5 Å². The molecule has 26 heavy (non-hydrogen) atoms. The van der Waals surface area contributed by atoms with E-state index in [0.29, 0.717) is 11.4 Å². The minimum absolute atomic E-state index is 0.149. The van der Waals surface area contributed by atoms with E-state index in [0.717, 1.165) is 28.9 Å². The molecule has 0 bridgehead atoms. The Hall–Kier alpha value is -2.73. The lowest BCUT2D eigenvalue weighted by molar-refractivity contribution is 0.102. The summed E-state index contributed by atoms with van der Waals surface area (Å²) in [6.45, 7) is 5.75. The van der Waals surface area contributed by atoms with Crippen LogP contribution in [-0.4, -0.2) is 15.7 Å². The highest BCUT2D eigenvalue weighted by Crippen LogP contribution is 2.24. The Balaban J connectivity index is 1.93. The van der Waals surface area contributed by atoms with E-state index < -0.39 is 17.5 Å². The van der Waals surface area contributed by atoms with Gasteiger partial charge >= 0.3 is 0 Å². The summed E-state index contributed by atoms with van der Waals surface area (Å²) in [5.41, 5.74) is 4.02. The quantitative estimate of drug-likeness (QED) is 0.656. The number of anilines is 1. The lowest BCUT2D eigenvalue weighted by atomic mass is 10.1. The van der Waals surface area contributed by atoms with Crippen LogP contribution in [0, 0.1) is 32.4 Å². The average Bonchev–Trinajstić information content (AvgIpc) is 2.94. The van der Waals surface area contributed by atoms with Gasteiger partial charge in [-0.15, -0.1) is 0 Å². The van der Waals surface area contributed by atoms with E-state index in [-0.39, 0.29) is 10.6 Å². The second kappa shape index (κ2) is 6.88. The van der Waals surface area contributed by atoms with E-state index in [1.807, 2.05) is 32.0 Å². The average molecular weight is 376 g/mol. The molecule has 0 aliphatic carbocycles. The van der Waals surface area contributed by atoms with Crippen LogP contribution in [0.3, 0.4) is 0 Å². The van der Waals surface area contributed by atoms with E-state index in [2.05, 4.69) is 10.4 Å². The largest absolute Gasteiger partial charge is 0.319 e. The maximum absolute atomic E-state index is 13.4. The lowest BCUT2D eigenvalue weighted by Gasteiger charge is -2.11.